The van der Waals surface area contributed by atoms with Gasteiger partial charge in [-0.15, -0.1) is 0 Å². The van der Waals surface area contributed by atoms with Crippen molar-refractivity contribution in [2.75, 3.05) is 18.5 Å². The highest BCUT2D eigenvalue weighted by atomic mass is 16.5. The van der Waals surface area contributed by atoms with Crippen molar-refractivity contribution in [3.63, 3.8) is 0 Å². The highest BCUT2D eigenvalue weighted by Gasteiger charge is 2.38. The number of nitrogens with one attached hydrogen (secondary N) is 1. The first kappa shape index (κ1) is 22.9. The number of carbonyl (C=O) groups is 2. The second-order valence-electron chi connectivity index (χ2n) is 7.88. The Morgan fingerprint density at radius 2 is 1.97 bits per heavy atom. The van der Waals surface area contributed by atoms with Gasteiger partial charge in [-0.3, -0.25) is 9.59 Å². The summed E-state index contributed by atoms with van der Waals surface area (Å²) in [7, 11) is 0. The summed E-state index contributed by atoms with van der Waals surface area (Å²) in [6.45, 7) is 1.98. The van der Waals surface area contributed by atoms with Gasteiger partial charge in [-0.2, -0.15) is 5.26 Å². The smallest absolute Gasteiger partial charge is 0.262 e. The maximum Gasteiger partial charge on any atom is 0.262 e. The number of amides is 1. The minimum atomic E-state index is -0.642. The van der Waals surface area contributed by atoms with Gasteiger partial charge in [0.1, 0.15) is 17.4 Å². The van der Waals surface area contributed by atoms with Gasteiger partial charge in [0, 0.05) is 24.1 Å². The lowest BCUT2D eigenvalue weighted by molar-refractivity contribution is -0.118. The molecule has 174 valence electrons. The number of nitrogens with zero attached hydrogens (tertiary/aromatic N) is 1. The van der Waals surface area contributed by atoms with Crippen molar-refractivity contribution in [3.8, 4) is 17.6 Å². The van der Waals surface area contributed by atoms with Gasteiger partial charge < -0.3 is 25.3 Å². The van der Waals surface area contributed by atoms with Crippen molar-refractivity contribution in [2.45, 2.75) is 32.1 Å². The quantitative estimate of drug-likeness (QED) is 0.643. The monoisotopic (exact) mass is 459 g/mol. The highest BCUT2D eigenvalue weighted by Crippen LogP contribution is 2.45. The summed E-state index contributed by atoms with van der Waals surface area (Å²) in [5, 5.41) is 12.5. The number of anilines is 1. The number of ketones is 1. The second-order valence-corrected chi connectivity index (χ2v) is 7.88. The maximum absolute atomic E-state index is 12.8. The third-order valence-electron chi connectivity index (χ3n) is 5.62. The summed E-state index contributed by atoms with van der Waals surface area (Å²) in [6, 6.07) is 16.3. The molecule has 0 spiro atoms. The van der Waals surface area contributed by atoms with Gasteiger partial charge >= 0.3 is 0 Å². The first-order valence-corrected chi connectivity index (χ1v) is 11.1. The Kier molecular flexibility index (Phi) is 6.83. The molecule has 4 rings (SSSR count). The van der Waals surface area contributed by atoms with E-state index in [-0.39, 0.29) is 29.8 Å². The van der Waals surface area contributed by atoms with Crippen LogP contribution < -0.4 is 20.5 Å². The number of ether oxygens (including phenoxy) is 3. The van der Waals surface area contributed by atoms with Gasteiger partial charge in [0.2, 0.25) is 5.88 Å². The van der Waals surface area contributed by atoms with Crippen LogP contribution in [0, 0.1) is 11.3 Å². The van der Waals surface area contributed by atoms with Crippen LogP contribution in [0.25, 0.3) is 0 Å². The molecule has 0 radical (unpaired) electrons. The van der Waals surface area contributed by atoms with Crippen molar-refractivity contribution in [3.05, 3.63) is 76.9 Å². The standard InChI is InChI=1S/C26H25N3O5/c1-2-32-22-13-16(11-12-20(22)33-15-23(31)29-17-7-4-3-5-8-17)24-18(14-27)26(28)34-21-10-6-9-19(30)25(21)24/h3-5,7-8,11-13,24H,2,6,9-10,15,28H2,1H3,(H,29,31)/t24-/m0/s1. The first-order valence-electron chi connectivity index (χ1n) is 11.1. The molecule has 0 fully saturated rings. The van der Waals surface area contributed by atoms with Crippen molar-refractivity contribution in [1.82, 2.24) is 0 Å². The molecular weight excluding hydrogens is 434 g/mol. The maximum atomic E-state index is 12.8. The van der Waals surface area contributed by atoms with Gasteiger partial charge in [0.05, 0.1) is 12.5 Å². The van der Waals surface area contributed by atoms with E-state index < -0.39 is 5.92 Å². The zero-order chi connectivity index (χ0) is 24.1. The molecule has 2 aromatic rings. The average Bonchev–Trinajstić information content (AvgIpc) is 2.83. The molecule has 2 aromatic carbocycles. The fourth-order valence-corrected chi connectivity index (χ4v) is 4.14. The van der Waals surface area contributed by atoms with E-state index in [1.807, 2.05) is 25.1 Å². The molecule has 8 nitrogen and oxygen atoms in total. The van der Waals surface area contributed by atoms with Crippen molar-refractivity contribution < 1.29 is 23.8 Å². The lowest BCUT2D eigenvalue weighted by Gasteiger charge is -2.31. The molecule has 1 atom stereocenters. The summed E-state index contributed by atoms with van der Waals surface area (Å²) in [6.07, 6.45) is 1.67. The Hall–Kier alpha value is -4.25. The molecule has 3 N–H and O–H groups in total. The van der Waals surface area contributed by atoms with Gasteiger partial charge in [-0.25, -0.2) is 0 Å². The summed E-state index contributed by atoms with van der Waals surface area (Å²) >= 11 is 0. The molecule has 34 heavy (non-hydrogen) atoms. The number of nitrogens with two attached hydrogens (primary N) is 1. The van der Waals surface area contributed by atoms with E-state index >= 15 is 0 Å². The van der Waals surface area contributed by atoms with E-state index in [0.717, 1.165) is 0 Å². The van der Waals surface area contributed by atoms with Gasteiger partial charge in [0.25, 0.3) is 5.91 Å². The molecule has 0 bridgehead atoms. The Balaban J connectivity index is 1.60. The third-order valence-corrected chi connectivity index (χ3v) is 5.62. The Morgan fingerprint density at radius 3 is 2.71 bits per heavy atom. The van der Waals surface area contributed by atoms with Gasteiger partial charge in [-0.05, 0) is 43.2 Å². The lowest BCUT2D eigenvalue weighted by atomic mass is 9.77. The predicted octanol–water partition coefficient (Wildman–Crippen LogP) is 3.92. The third kappa shape index (κ3) is 4.74. The first-order chi connectivity index (χ1) is 16.5. The molecule has 2 aliphatic rings. The largest absolute Gasteiger partial charge is 0.490 e. The number of benzene rings is 2. The zero-order valence-electron chi connectivity index (χ0n) is 18.8. The molecule has 0 saturated heterocycles. The number of hydrogen-bond donors (Lipinski definition) is 2. The molecule has 1 aliphatic heterocycles. The summed E-state index contributed by atoms with van der Waals surface area (Å²) in [4.78, 5) is 25.1. The van der Waals surface area contributed by atoms with Crippen LogP contribution in [-0.4, -0.2) is 24.9 Å². The molecule has 1 amide bonds. The minimum absolute atomic E-state index is 0.0109. The van der Waals surface area contributed by atoms with E-state index in [1.54, 1.807) is 30.3 Å². The average molecular weight is 460 g/mol. The van der Waals surface area contributed by atoms with Crippen LogP contribution in [0.5, 0.6) is 11.5 Å². The summed E-state index contributed by atoms with van der Waals surface area (Å²) < 4.78 is 17.1. The minimum Gasteiger partial charge on any atom is -0.490 e. The van der Waals surface area contributed by atoms with E-state index in [0.29, 0.717) is 60.0 Å². The normalized spacial score (nSPS) is 17.4. The summed E-state index contributed by atoms with van der Waals surface area (Å²) in [5.74, 6) is 0.303. The number of para-hydroxylation sites is 1. The molecule has 1 aliphatic carbocycles. The molecule has 8 heteroatoms. The highest BCUT2D eigenvalue weighted by molar-refractivity contribution is 5.99. The molecular formula is C26H25N3O5. The van der Waals surface area contributed by atoms with E-state index in [1.165, 1.54) is 0 Å². The predicted molar refractivity (Wildman–Crippen MR) is 125 cm³/mol. The summed E-state index contributed by atoms with van der Waals surface area (Å²) in [5.41, 5.74) is 8.02. The van der Waals surface area contributed by atoms with Crippen molar-refractivity contribution in [1.29, 1.82) is 5.26 Å². The topological polar surface area (TPSA) is 124 Å². The second kappa shape index (κ2) is 10.1. The van der Waals surface area contributed by atoms with Crippen molar-refractivity contribution >= 4 is 17.4 Å². The number of hydrogen-bond acceptors (Lipinski definition) is 7. The van der Waals surface area contributed by atoms with Crippen LogP contribution in [0.4, 0.5) is 5.69 Å². The van der Waals surface area contributed by atoms with E-state index in [9.17, 15) is 14.9 Å². The zero-order valence-corrected chi connectivity index (χ0v) is 18.8. The Labute approximate surface area is 197 Å². The van der Waals surface area contributed by atoms with Crippen LogP contribution in [-0.2, 0) is 14.3 Å². The number of nitriles is 1. The Morgan fingerprint density at radius 1 is 1.18 bits per heavy atom. The molecule has 0 unspecified atom stereocenters. The van der Waals surface area contributed by atoms with Crippen LogP contribution >= 0.6 is 0 Å². The SMILES string of the molecule is CCOc1cc([C@H]2C(C#N)=C(N)OC3=C2C(=O)CCC3)ccc1OCC(=O)Nc1ccccc1. The van der Waals surface area contributed by atoms with Crippen LogP contribution in [0.1, 0.15) is 37.7 Å². The molecule has 0 aromatic heterocycles. The molecule has 0 saturated carbocycles. The fraction of sp³-hybridized carbons (Fsp3) is 0.269. The number of allylic oxidation sites excluding steroid dienone is 3. The fourth-order valence-electron chi connectivity index (χ4n) is 4.14. The van der Waals surface area contributed by atoms with Gasteiger partial charge in [0.15, 0.2) is 23.9 Å². The number of carbonyl (C=O) groups excluding carboxylic acids is 2. The van der Waals surface area contributed by atoms with E-state index in [2.05, 4.69) is 11.4 Å². The van der Waals surface area contributed by atoms with E-state index in [4.69, 9.17) is 19.9 Å². The molecule has 1 heterocycles. The number of Topliss-reactive ketones (excluding diaryl/α,β-unsaturated/α-hetero) is 1. The van der Waals surface area contributed by atoms with Crippen LogP contribution in [0.15, 0.2) is 71.3 Å². The lowest BCUT2D eigenvalue weighted by Crippen LogP contribution is -2.27. The van der Waals surface area contributed by atoms with Crippen LogP contribution in [0.2, 0.25) is 0 Å². The number of rotatable bonds is 7. The van der Waals surface area contributed by atoms with Gasteiger partial charge in [-0.1, -0.05) is 24.3 Å². The Bertz CT molecular complexity index is 1210. The van der Waals surface area contributed by atoms with Crippen molar-refractivity contribution in [2.24, 2.45) is 5.73 Å². The van der Waals surface area contributed by atoms with Crippen LogP contribution in [0.3, 0.4) is 0 Å².